The van der Waals surface area contributed by atoms with Gasteiger partial charge in [-0.2, -0.15) is 13.2 Å². The normalized spacial score (nSPS) is 11.2. The maximum atomic E-state index is 12.3. The zero-order valence-electron chi connectivity index (χ0n) is 8.51. The molecule has 0 saturated carbocycles. The van der Waals surface area contributed by atoms with Gasteiger partial charge in [-0.05, 0) is 12.5 Å². The van der Waals surface area contributed by atoms with Crippen molar-refractivity contribution in [2.24, 2.45) is 0 Å². The number of anilines is 2. The lowest BCUT2D eigenvalue weighted by molar-refractivity contribution is -0.141. The van der Waals surface area contributed by atoms with E-state index in [1.54, 1.807) is 6.08 Å². The van der Waals surface area contributed by atoms with Crippen LogP contribution < -0.4 is 11.1 Å². The van der Waals surface area contributed by atoms with Gasteiger partial charge in [0.05, 0.1) is 17.6 Å². The largest absolute Gasteiger partial charge is 0.433 e. The summed E-state index contributed by atoms with van der Waals surface area (Å²) in [5, 5.41) is 2.79. The molecule has 0 radical (unpaired) electrons. The van der Waals surface area contributed by atoms with Crippen molar-refractivity contribution >= 4 is 11.4 Å². The molecule has 88 valence electrons. The van der Waals surface area contributed by atoms with Crippen LogP contribution in [0.2, 0.25) is 0 Å². The first-order chi connectivity index (χ1) is 7.45. The van der Waals surface area contributed by atoms with Gasteiger partial charge < -0.3 is 11.1 Å². The van der Waals surface area contributed by atoms with Gasteiger partial charge in [-0.25, -0.2) is 4.98 Å². The van der Waals surface area contributed by atoms with Crippen LogP contribution in [-0.2, 0) is 6.18 Å². The second-order valence-electron chi connectivity index (χ2n) is 3.16. The summed E-state index contributed by atoms with van der Waals surface area (Å²) in [4.78, 5) is 3.23. The van der Waals surface area contributed by atoms with Crippen molar-refractivity contribution in [3.8, 4) is 0 Å². The summed E-state index contributed by atoms with van der Waals surface area (Å²) >= 11 is 0. The molecular weight excluding hydrogens is 219 g/mol. The molecule has 3 nitrogen and oxygen atoms in total. The number of nitrogens with zero attached hydrogens (tertiary/aromatic N) is 1. The Bertz CT molecular complexity index is 374. The highest BCUT2D eigenvalue weighted by Gasteiger charge is 2.32. The summed E-state index contributed by atoms with van der Waals surface area (Å²) in [6.45, 7) is 3.99. The van der Waals surface area contributed by atoms with Crippen molar-refractivity contribution in [1.29, 1.82) is 0 Å². The second-order valence-corrected chi connectivity index (χ2v) is 3.16. The molecule has 1 aromatic heterocycles. The van der Waals surface area contributed by atoms with Gasteiger partial charge in [-0.1, -0.05) is 6.08 Å². The molecule has 0 aliphatic carbocycles. The molecule has 3 N–H and O–H groups in total. The molecule has 1 heterocycles. The van der Waals surface area contributed by atoms with Gasteiger partial charge in [-0.3, -0.25) is 0 Å². The molecule has 0 unspecified atom stereocenters. The molecule has 1 aromatic rings. The van der Waals surface area contributed by atoms with Crippen LogP contribution in [0.15, 0.2) is 24.9 Å². The summed E-state index contributed by atoms with van der Waals surface area (Å²) < 4.78 is 37.0. The number of alkyl halides is 3. The van der Waals surface area contributed by atoms with Crippen LogP contribution in [0, 0.1) is 0 Å². The van der Waals surface area contributed by atoms with Crippen LogP contribution in [0.25, 0.3) is 0 Å². The molecule has 0 fully saturated rings. The summed E-state index contributed by atoms with van der Waals surface area (Å²) in [5.74, 6) is 0. The van der Waals surface area contributed by atoms with E-state index < -0.39 is 11.9 Å². The molecule has 0 amide bonds. The smallest absolute Gasteiger partial charge is 0.396 e. The number of halogens is 3. The first kappa shape index (κ1) is 12.4. The van der Waals surface area contributed by atoms with E-state index in [4.69, 9.17) is 5.73 Å². The highest BCUT2D eigenvalue weighted by molar-refractivity contribution is 5.65. The predicted molar refractivity (Wildman–Crippen MR) is 57.0 cm³/mol. The van der Waals surface area contributed by atoms with Gasteiger partial charge in [0.15, 0.2) is 0 Å². The summed E-state index contributed by atoms with van der Waals surface area (Å²) in [7, 11) is 0. The van der Waals surface area contributed by atoms with E-state index in [9.17, 15) is 13.2 Å². The molecule has 0 aliphatic rings. The van der Waals surface area contributed by atoms with Gasteiger partial charge in [0.25, 0.3) is 0 Å². The Balaban J connectivity index is 2.86. The van der Waals surface area contributed by atoms with Crippen molar-refractivity contribution in [2.45, 2.75) is 12.6 Å². The third-order valence-electron chi connectivity index (χ3n) is 1.89. The minimum atomic E-state index is -4.46. The van der Waals surface area contributed by atoms with Crippen molar-refractivity contribution in [3.05, 3.63) is 30.6 Å². The lowest BCUT2D eigenvalue weighted by Crippen LogP contribution is -2.11. The maximum absolute atomic E-state index is 12.3. The Morgan fingerprint density at radius 1 is 1.50 bits per heavy atom. The fourth-order valence-electron chi connectivity index (χ4n) is 1.08. The van der Waals surface area contributed by atoms with E-state index >= 15 is 0 Å². The van der Waals surface area contributed by atoms with E-state index in [1.165, 1.54) is 0 Å². The molecule has 1 rings (SSSR count). The van der Waals surface area contributed by atoms with Gasteiger partial charge in [-0.15, -0.1) is 6.58 Å². The highest BCUT2D eigenvalue weighted by Crippen LogP contribution is 2.30. The molecule has 0 spiro atoms. The Hall–Kier alpha value is -1.72. The quantitative estimate of drug-likeness (QED) is 0.618. The number of pyridine rings is 1. The van der Waals surface area contributed by atoms with Gasteiger partial charge in [0.1, 0.15) is 5.69 Å². The van der Waals surface area contributed by atoms with Gasteiger partial charge in [0.2, 0.25) is 0 Å². The highest BCUT2D eigenvalue weighted by atomic mass is 19.4. The monoisotopic (exact) mass is 231 g/mol. The average molecular weight is 231 g/mol. The molecule has 0 bridgehead atoms. The minimum absolute atomic E-state index is 0.192. The number of nitrogens with two attached hydrogens (primary N) is 1. The molecule has 0 aromatic carbocycles. The third-order valence-corrected chi connectivity index (χ3v) is 1.89. The molecule has 0 aliphatic heterocycles. The van der Waals surface area contributed by atoms with Crippen molar-refractivity contribution in [2.75, 3.05) is 17.6 Å². The Kier molecular flexibility index (Phi) is 3.76. The summed E-state index contributed by atoms with van der Waals surface area (Å²) in [5.41, 5.74) is 4.97. The summed E-state index contributed by atoms with van der Waals surface area (Å²) in [6, 6.07) is 0.901. The minimum Gasteiger partial charge on any atom is -0.396 e. The molecule has 0 atom stereocenters. The topological polar surface area (TPSA) is 50.9 Å². The van der Waals surface area contributed by atoms with Crippen LogP contribution in [0.1, 0.15) is 12.1 Å². The first-order valence-corrected chi connectivity index (χ1v) is 4.62. The van der Waals surface area contributed by atoms with Crippen molar-refractivity contribution in [1.82, 2.24) is 4.98 Å². The van der Waals surface area contributed by atoms with E-state index in [-0.39, 0.29) is 11.4 Å². The first-order valence-electron chi connectivity index (χ1n) is 4.62. The molecule has 0 saturated heterocycles. The Morgan fingerprint density at radius 2 is 2.19 bits per heavy atom. The lowest BCUT2D eigenvalue weighted by atomic mass is 10.2. The maximum Gasteiger partial charge on any atom is 0.433 e. The fourth-order valence-corrected chi connectivity index (χ4v) is 1.08. The van der Waals surface area contributed by atoms with Crippen LogP contribution in [0.5, 0.6) is 0 Å². The van der Waals surface area contributed by atoms with Crippen molar-refractivity contribution < 1.29 is 13.2 Å². The Labute approximate surface area is 91.2 Å². The number of rotatable bonds is 4. The molecular formula is C10H12F3N3. The number of hydrogen-bond acceptors (Lipinski definition) is 3. The average Bonchev–Trinajstić information content (AvgIpc) is 2.19. The lowest BCUT2D eigenvalue weighted by Gasteiger charge is -2.11. The third kappa shape index (κ3) is 3.15. The van der Waals surface area contributed by atoms with Crippen molar-refractivity contribution in [3.63, 3.8) is 0 Å². The zero-order chi connectivity index (χ0) is 12.2. The molecule has 16 heavy (non-hydrogen) atoms. The van der Waals surface area contributed by atoms with E-state index in [1.807, 2.05) is 0 Å². The fraction of sp³-hybridized carbons (Fsp3) is 0.300. The van der Waals surface area contributed by atoms with Crippen LogP contribution in [-0.4, -0.2) is 11.5 Å². The number of aromatic nitrogens is 1. The van der Waals surface area contributed by atoms with Gasteiger partial charge in [0, 0.05) is 6.54 Å². The van der Waals surface area contributed by atoms with Crippen LogP contribution >= 0.6 is 0 Å². The number of hydrogen-bond donors (Lipinski definition) is 2. The SMILES string of the molecule is C=CCCNc1cc(C(F)(F)F)ncc1N. The standard InChI is InChI=1S/C10H12F3N3/c1-2-3-4-15-8-5-9(10(11,12)13)16-6-7(8)14/h2,5-6H,1,3-4,14H2,(H,15,16). The molecule has 6 heteroatoms. The van der Waals surface area contributed by atoms with Gasteiger partial charge >= 0.3 is 6.18 Å². The second kappa shape index (κ2) is 4.87. The number of nitrogen functional groups attached to an aromatic ring is 1. The van der Waals surface area contributed by atoms with E-state index in [0.717, 1.165) is 12.3 Å². The van der Waals surface area contributed by atoms with E-state index in [0.29, 0.717) is 13.0 Å². The number of nitrogens with one attached hydrogen (secondary N) is 1. The Morgan fingerprint density at radius 3 is 2.75 bits per heavy atom. The van der Waals surface area contributed by atoms with E-state index in [2.05, 4.69) is 16.9 Å². The summed E-state index contributed by atoms with van der Waals surface area (Å²) in [6.07, 6.45) is -1.15. The predicted octanol–water partition coefficient (Wildman–Crippen LogP) is 2.67. The van der Waals surface area contributed by atoms with Crippen LogP contribution in [0.3, 0.4) is 0 Å². The van der Waals surface area contributed by atoms with Crippen LogP contribution in [0.4, 0.5) is 24.5 Å². The zero-order valence-corrected chi connectivity index (χ0v) is 8.51.